The first-order chi connectivity index (χ1) is 16.0. The summed E-state index contributed by atoms with van der Waals surface area (Å²) in [7, 11) is 3.11. The first kappa shape index (κ1) is 22.8. The van der Waals surface area contributed by atoms with E-state index in [9.17, 15) is 9.59 Å². The van der Waals surface area contributed by atoms with Gasteiger partial charge in [0.25, 0.3) is 11.8 Å². The summed E-state index contributed by atoms with van der Waals surface area (Å²) in [4.78, 5) is 35.0. The van der Waals surface area contributed by atoms with Crippen molar-refractivity contribution in [2.75, 3.05) is 40.4 Å². The molecule has 0 N–H and O–H groups in total. The standard InChI is InChI=1S/C25H27N3O4S/c1-17-23(33-22(26-17)15-18-7-5-4-6-8-18)25(30)28-13-11-27(12-14-28)24(29)19-9-10-20(31-2)21(16-19)32-3/h4-10,16H,11-15H2,1-3H3. The number of rotatable bonds is 6. The Balaban J connectivity index is 1.39. The van der Waals surface area contributed by atoms with Gasteiger partial charge in [0.1, 0.15) is 4.88 Å². The van der Waals surface area contributed by atoms with Crippen LogP contribution in [-0.4, -0.2) is 67.0 Å². The number of hydrogen-bond acceptors (Lipinski definition) is 6. The third-order valence-electron chi connectivity index (χ3n) is 5.72. The van der Waals surface area contributed by atoms with Crippen LogP contribution < -0.4 is 9.47 Å². The quantitative estimate of drug-likeness (QED) is 0.556. The number of carbonyl (C=O) groups excluding carboxylic acids is 2. The molecular weight excluding hydrogens is 438 g/mol. The van der Waals surface area contributed by atoms with E-state index in [0.717, 1.165) is 10.7 Å². The number of benzene rings is 2. The van der Waals surface area contributed by atoms with Gasteiger partial charge in [-0.15, -0.1) is 11.3 Å². The van der Waals surface area contributed by atoms with Gasteiger partial charge in [-0.05, 0) is 30.7 Å². The first-order valence-corrected chi connectivity index (χ1v) is 11.6. The molecule has 0 spiro atoms. The van der Waals surface area contributed by atoms with Crippen molar-refractivity contribution in [3.8, 4) is 11.5 Å². The second kappa shape index (κ2) is 10.0. The maximum absolute atomic E-state index is 13.1. The number of nitrogens with zero attached hydrogens (tertiary/aromatic N) is 3. The van der Waals surface area contributed by atoms with Gasteiger partial charge in [0, 0.05) is 38.2 Å². The number of piperazine rings is 1. The summed E-state index contributed by atoms with van der Waals surface area (Å²) in [5, 5.41) is 0.935. The number of thiazole rings is 1. The SMILES string of the molecule is COc1ccc(C(=O)N2CCN(C(=O)c3sc(Cc4ccccc4)nc3C)CC2)cc1OC. The molecule has 1 fully saturated rings. The fourth-order valence-corrected chi connectivity index (χ4v) is 4.97. The van der Waals surface area contributed by atoms with E-state index < -0.39 is 0 Å². The Bertz CT molecular complexity index is 1140. The van der Waals surface area contributed by atoms with Gasteiger partial charge in [-0.1, -0.05) is 30.3 Å². The lowest BCUT2D eigenvalue weighted by atomic mass is 10.1. The zero-order valence-corrected chi connectivity index (χ0v) is 19.9. The Morgan fingerprint density at radius 3 is 2.18 bits per heavy atom. The summed E-state index contributed by atoms with van der Waals surface area (Å²) in [5.41, 5.74) is 2.48. The topological polar surface area (TPSA) is 72.0 Å². The van der Waals surface area contributed by atoms with Crippen molar-refractivity contribution in [1.82, 2.24) is 14.8 Å². The number of methoxy groups -OCH3 is 2. The molecule has 1 saturated heterocycles. The van der Waals surface area contributed by atoms with Gasteiger partial charge in [-0.25, -0.2) is 4.98 Å². The molecule has 2 heterocycles. The minimum Gasteiger partial charge on any atom is -0.493 e. The number of hydrogen-bond donors (Lipinski definition) is 0. The monoisotopic (exact) mass is 465 g/mol. The van der Waals surface area contributed by atoms with Crippen LogP contribution in [0.2, 0.25) is 0 Å². The molecule has 0 saturated carbocycles. The van der Waals surface area contributed by atoms with Crippen LogP contribution in [0.25, 0.3) is 0 Å². The third-order valence-corrected chi connectivity index (χ3v) is 6.86. The smallest absolute Gasteiger partial charge is 0.265 e. The van der Waals surface area contributed by atoms with Crippen molar-refractivity contribution < 1.29 is 19.1 Å². The average Bonchev–Trinajstić information content (AvgIpc) is 3.23. The van der Waals surface area contributed by atoms with E-state index in [2.05, 4.69) is 17.1 Å². The van der Waals surface area contributed by atoms with E-state index >= 15 is 0 Å². The number of aromatic nitrogens is 1. The Labute approximate surface area is 197 Å². The Kier molecular flexibility index (Phi) is 6.93. The zero-order chi connectivity index (χ0) is 23.4. The fraction of sp³-hybridized carbons (Fsp3) is 0.320. The van der Waals surface area contributed by atoms with Crippen molar-refractivity contribution in [2.45, 2.75) is 13.3 Å². The number of carbonyl (C=O) groups is 2. The molecule has 8 heteroatoms. The van der Waals surface area contributed by atoms with E-state index in [-0.39, 0.29) is 11.8 Å². The van der Waals surface area contributed by atoms with E-state index in [1.165, 1.54) is 16.9 Å². The predicted molar refractivity (Wildman–Crippen MR) is 127 cm³/mol. The van der Waals surface area contributed by atoms with Gasteiger partial charge in [0.05, 0.1) is 24.9 Å². The molecule has 4 rings (SSSR count). The van der Waals surface area contributed by atoms with E-state index in [4.69, 9.17) is 9.47 Å². The average molecular weight is 466 g/mol. The van der Waals surface area contributed by atoms with Gasteiger partial charge in [-0.3, -0.25) is 9.59 Å². The molecule has 0 radical (unpaired) electrons. The molecule has 3 aromatic rings. The lowest BCUT2D eigenvalue weighted by molar-refractivity contribution is 0.0537. The summed E-state index contributed by atoms with van der Waals surface area (Å²) in [5.74, 6) is 1.00. The van der Waals surface area contributed by atoms with Crippen LogP contribution in [0.3, 0.4) is 0 Å². The van der Waals surface area contributed by atoms with Crippen molar-refractivity contribution in [3.63, 3.8) is 0 Å². The summed E-state index contributed by atoms with van der Waals surface area (Å²) >= 11 is 1.46. The van der Waals surface area contributed by atoms with Gasteiger partial charge in [0.15, 0.2) is 11.5 Å². The Morgan fingerprint density at radius 1 is 0.909 bits per heavy atom. The fourth-order valence-electron chi connectivity index (χ4n) is 3.90. The molecule has 2 aromatic carbocycles. The van der Waals surface area contributed by atoms with Crippen molar-refractivity contribution in [3.05, 3.63) is 75.2 Å². The highest BCUT2D eigenvalue weighted by Crippen LogP contribution is 2.28. The molecule has 2 amide bonds. The highest BCUT2D eigenvalue weighted by molar-refractivity contribution is 7.13. The van der Waals surface area contributed by atoms with Crippen LogP contribution in [0.1, 0.15) is 36.3 Å². The van der Waals surface area contributed by atoms with Crippen molar-refractivity contribution in [2.24, 2.45) is 0 Å². The number of ether oxygens (including phenoxy) is 2. The maximum atomic E-state index is 13.1. The molecule has 172 valence electrons. The van der Waals surface area contributed by atoms with Crippen LogP contribution in [-0.2, 0) is 6.42 Å². The minimum absolute atomic E-state index is 0.0115. The number of amides is 2. The minimum atomic E-state index is -0.0813. The zero-order valence-electron chi connectivity index (χ0n) is 19.0. The van der Waals surface area contributed by atoms with E-state index in [1.807, 2.05) is 30.0 Å². The van der Waals surface area contributed by atoms with Crippen LogP contribution >= 0.6 is 11.3 Å². The molecular formula is C25H27N3O4S. The Morgan fingerprint density at radius 2 is 1.55 bits per heavy atom. The van der Waals surface area contributed by atoms with E-state index in [0.29, 0.717) is 54.5 Å². The normalized spacial score (nSPS) is 13.7. The molecule has 1 aromatic heterocycles. The molecule has 1 aliphatic heterocycles. The molecule has 0 atom stereocenters. The van der Waals surface area contributed by atoms with Crippen LogP contribution in [0.4, 0.5) is 0 Å². The van der Waals surface area contributed by atoms with Gasteiger partial charge >= 0.3 is 0 Å². The first-order valence-electron chi connectivity index (χ1n) is 10.8. The molecule has 1 aliphatic rings. The summed E-state index contributed by atoms with van der Waals surface area (Å²) in [6.45, 7) is 3.82. The van der Waals surface area contributed by atoms with Gasteiger partial charge in [0.2, 0.25) is 0 Å². The largest absolute Gasteiger partial charge is 0.493 e. The summed E-state index contributed by atoms with van der Waals surface area (Å²) in [6.07, 6.45) is 0.716. The van der Waals surface area contributed by atoms with Crippen LogP contribution in [0, 0.1) is 6.92 Å². The van der Waals surface area contributed by atoms with Gasteiger partial charge < -0.3 is 19.3 Å². The van der Waals surface area contributed by atoms with Crippen LogP contribution in [0.5, 0.6) is 11.5 Å². The lowest BCUT2D eigenvalue weighted by Crippen LogP contribution is -2.50. The highest BCUT2D eigenvalue weighted by atomic mass is 32.1. The number of aryl methyl sites for hydroxylation is 1. The Hall–Kier alpha value is -3.39. The lowest BCUT2D eigenvalue weighted by Gasteiger charge is -2.34. The van der Waals surface area contributed by atoms with Crippen molar-refractivity contribution in [1.29, 1.82) is 0 Å². The summed E-state index contributed by atoms with van der Waals surface area (Å²) in [6, 6.07) is 15.3. The highest BCUT2D eigenvalue weighted by Gasteiger charge is 2.28. The second-order valence-corrected chi connectivity index (χ2v) is 8.92. The molecule has 33 heavy (non-hydrogen) atoms. The van der Waals surface area contributed by atoms with Crippen molar-refractivity contribution >= 4 is 23.2 Å². The molecule has 0 bridgehead atoms. The molecule has 0 unspecified atom stereocenters. The third kappa shape index (κ3) is 5.01. The maximum Gasteiger partial charge on any atom is 0.265 e. The molecule has 7 nitrogen and oxygen atoms in total. The molecule has 0 aliphatic carbocycles. The predicted octanol–water partition coefficient (Wildman–Crippen LogP) is 3.66. The summed E-state index contributed by atoms with van der Waals surface area (Å²) < 4.78 is 10.6. The van der Waals surface area contributed by atoms with E-state index in [1.54, 1.807) is 37.3 Å². The second-order valence-electron chi connectivity index (χ2n) is 7.84. The van der Waals surface area contributed by atoms with Crippen LogP contribution in [0.15, 0.2) is 48.5 Å². The van der Waals surface area contributed by atoms with Gasteiger partial charge in [-0.2, -0.15) is 0 Å².